The third-order valence-corrected chi connectivity index (χ3v) is 3.65. The number of aromatic amines is 1. The lowest BCUT2D eigenvalue weighted by molar-refractivity contribution is -0.110. The molecule has 1 amide bonds. The second-order valence-electron chi connectivity index (χ2n) is 4.64. The Labute approximate surface area is 113 Å². The molecule has 20 heavy (non-hydrogen) atoms. The minimum Gasteiger partial charge on any atom is -0.346 e. The molecule has 6 nitrogen and oxygen atoms in total. The number of aromatic nitrogens is 3. The highest BCUT2D eigenvalue weighted by Gasteiger charge is 2.31. The van der Waals surface area contributed by atoms with E-state index in [9.17, 15) is 9.59 Å². The number of nitrogens with one attached hydrogen (secondary N) is 2. The molecule has 1 aliphatic carbocycles. The van der Waals surface area contributed by atoms with Gasteiger partial charge in [-0.1, -0.05) is 24.3 Å². The predicted molar refractivity (Wildman–Crippen MR) is 72.3 cm³/mol. The predicted octanol–water partition coefficient (Wildman–Crippen LogP) is 0.838. The molecule has 1 unspecified atom stereocenters. The normalized spacial score (nSPS) is 15.9. The second kappa shape index (κ2) is 3.80. The van der Waals surface area contributed by atoms with Crippen molar-refractivity contribution in [2.24, 2.45) is 0 Å². The zero-order valence-electron chi connectivity index (χ0n) is 10.3. The van der Waals surface area contributed by atoms with Crippen LogP contribution < -0.4 is 10.9 Å². The smallest absolute Gasteiger partial charge is 0.292 e. The monoisotopic (exact) mass is 266 g/mol. The van der Waals surface area contributed by atoms with Gasteiger partial charge >= 0.3 is 0 Å². The van der Waals surface area contributed by atoms with E-state index in [1.165, 1.54) is 0 Å². The van der Waals surface area contributed by atoms with Gasteiger partial charge in [-0.05, 0) is 5.56 Å². The van der Waals surface area contributed by atoms with Crippen molar-refractivity contribution in [2.75, 3.05) is 0 Å². The van der Waals surface area contributed by atoms with Crippen LogP contribution in [0.5, 0.6) is 0 Å². The number of carbonyl (C=O) groups is 1. The molecule has 1 aromatic carbocycles. The lowest BCUT2D eigenvalue weighted by atomic mass is 10.1. The number of amides is 1. The molecule has 1 atom stereocenters. The van der Waals surface area contributed by atoms with E-state index in [1.807, 2.05) is 24.3 Å². The maximum atomic E-state index is 12.0. The van der Waals surface area contributed by atoms with Crippen LogP contribution in [-0.4, -0.2) is 20.8 Å². The Bertz CT molecular complexity index is 894. The zero-order chi connectivity index (χ0) is 13.7. The van der Waals surface area contributed by atoms with Crippen molar-refractivity contribution in [1.29, 1.82) is 0 Å². The van der Waals surface area contributed by atoms with E-state index in [2.05, 4.69) is 15.3 Å². The van der Waals surface area contributed by atoms with Crippen LogP contribution in [0.3, 0.4) is 0 Å². The number of fused-ring (bicyclic) bond motifs is 5. The summed E-state index contributed by atoms with van der Waals surface area (Å²) in [6.07, 6.45) is 3.98. The average Bonchev–Trinajstić information content (AvgIpc) is 3.04. The van der Waals surface area contributed by atoms with Gasteiger partial charge in [0.15, 0.2) is 0 Å². The Morgan fingerprint density at radius 3 is 3.05 bits per heavy atom. The molecule has 0 radical (unpaired) electrons. The maximum Gasteiger partial charge on any atom is 0.292 e. The quantitative estimate of drug-likeness (QED) is 0.674. The molecule has 2 aromatic heterocycles. The Morgan fingerprint density at radius 2 is 2.20 bits per heavy atom. The van der Waals surface area contributed by atoms with Gasteiger partial charge in [-0.25, -0.2) is 4.98 Å². The SMILES string of the molecule is O=CNC1c2ccccc2-c2[nH]c(=O)c3nccn3c21. The molecular formula is C14H10N4O2. The van der Waals surface area contributed by atoms with Crippen LogP contribution in [0.1, 0.15) is 17.3 Å². The Morgan fingerprint density at radius 1 is 1.35 bits per heavy atom. The van der Waals surface area contributed by atoms with Gasteiger partial charge in [-0.15, -0.1) is 0 Å². The first-order valence-corrected chi connectivity index (χ1v) is 6.19. The number of nitrogens with zero attached hydrogens (tertiary/aromatic N) is 2. The maximum absolute atomic E-state index is 12.0. The zero-order valence-corrected chi connectivity index (χ0v) is 10.3. The average molecular weight is 266 g/mol. The number of H-pyrrole nitrogens is 1. The van der Waals surface area contributed by atoms with E-state index < -0.39 is 0 Å². The van der Waals surface area contributed by atoms with Crippen molar-refractivity contribution in [3.05, 3.63) is 58.3 Å². The van der Waals surface area contributed by atoms with Crippen molar-refractivity contribution in [2.45, 2.75) is 6.04 Å². The van der Waals surface area contributed by atoms with E-state index in [0.717, 1.165) is 22.5 Å². The summed E-state index contributed by atoms with van der Waals surface area (Å²) in [4.78, 5) is 29.9. The van der Waals surface area contributed by atoms with Crippen molar-refractivity contribution in [3.8, 4) is 11.3 Å². The van der Waals surface area contributed by atoms with Gasteiger partial charge in [0.25, 0.3) is 5.56 Å². The van der Waals surface area contributed by atoms with E-state index in [0.29, 0.717) is 12.1 Å². The number of carbonyl (C=O) groups excluding carboxylic acids is 1. The third kappa shape index (κ3) is 1.25. The van der Waals surface area contributed by atoms with E-state index >= 15 is 0 Å². The molecule has 0 saturated heterocycles. The molecule has 3 aromatic rings. The second-order valence-corrected chi connectivity index (χ2v) is 4.64. The lowest BCUT2D eigenvalue weighted by Gasteiger charge is -2.13. The molecule has 2 heterocycles. The number of hydrogen-bond donors (Lipinski definition) is 2. The van der Waals surface area contributed by atoms with Gasteiger partial charge in [0.2, 0.25) is 12.1 Å². The first-order chi connectivity index (χ1) is 9.81. The standard InChI is InChI=1S/C14H10N4O2/c19-7-16-10-8-3-1-2-4-9(8)11-12(10)18-6-5-15-13(18)14(20)17-11/h1-7,10H,(H,16,19)(H,17,20). The lowest BCUT2D eigenvalue weighted by Crippen LogP contribution is -2.22. The fraction of sp³-hybridized carbons (Fsp3) is 0.0714. The topological polar surface area (TPSA) is 79.3 Å². The van der Waals surface area contributed by atoms with Crippen molar-refractivity contribution >= 4 is 12.1 Å². The summed E-state index contributed by atoms with van der Waals surface area (Å²) < 4.78 is 1.73. The molecule has 98 valence electrons. The third-order valence-electron chi connectivity index (χ3n) is 3.65. The molecule has 6 heteroatoms. The molecule has 0 bridgehead atoms. The number of rotatable bonds is 2. The van der Waals surface area contributed by atoms with Crippen LogP contribution in [0, 0.1) is 0 Å². The number of hydrogen-bond acceptors (Lipinski definition) is 3. The van der Waals surface area contributed by atoms with Gasteiger partial charge in [-0.2, -0.15) is 0 Å². The molecule has 4 rings (SSSR count). The minimum absolute atomic E-state index is 0.240. The van der Waals surface area contributed by atoms with E-state index in [1.54, 1.807) is 16.8 Å². The fourth-order valence-electron chi connectivity index (χ4n) is 2.87. The summed E-state index contributed by atoms with van der Waals surface area (Å²) in [5.74, 6) is 0. The van der Waals surface area contributed by atoms with Crippen molar-refractivity contribution in [1.82, 2.24) is 19.7 Å². The fourth-order valence-corrected chi connectivity index (χ4v) is 2.87. The molecule has 0 fully saturated rings. The Balaban J connectivity index is 2.15. The van der Waals surface area contributed by atoms with Gasteiger partial charge in [0.05, 0.1) is 17.4 Å². The number of benzene rings is 1. The van der Waals surface area contributed by atoms with E-state index in [-0.39, 0.29) is 11.6 Å². The summed E-state index contributed by atoms with van der Waals surface area (Å²) in [6, 6.07) is 7.40. The summed E-state index contributed by atoms with van der Waals surface area (Å²) in [6.45, 7) is 0. The highest BCUT2D eigenvalue weighted by molar-refractivity contribution is 5.76. The largest absolute Gasteiger partial charge is 0.346 e. The highest BCUT2D eigenvalue weighted by Crippen LogP contribution is 2.41. The summed E-state index contributed by atoms with van der Waals surface area (Å²) >= 11 is 0. The Kier molecular flexibility index (Phi) is 2.09. The molecule has 0 aliphatic heterocycles. The van der Waals surface area contributed by atoms with Crippen LogP contribution in [0.2, 0.25) is 0 Å². The van der Waals surface area contributed by atoms with Gasteiger partial charge in [0.1, 0.15) is 0 Å². The molecule has 2 N–H and O–H groups in total. The van der Waals surface area contributed by atoms with Crippen LogP contribution >= 0.6 is 0 Å². The summed E-state index contributed by atoms with van der Waals surface area (Å²) in [7, 11) is 0. The minimum atomic E-state index is -0.285. The summed E-state index contributed by atoms with van der Waals surface area (Å²) in [5, 5.41) is 2.81. The van der Waals surface area contributed by atoms with Gasteiger partial charge < -0.3 is 10.3 Å². The van der Waals surface area contributed by atoms with Crippen LogP contribution in [0.4, 0.5) is 0 Å². The van der Waals surface area contributed by atoms with Crippen molar-refractivity contribution in [3.63, 3.8) is 0 Å². The first kappa shape index (κ1) is 11.0. The first-order valence-electron chi connectivity index (χ1n) is 6.19. The van der Waals surface area contributed by atoms with Gasteiger partial charge in [0, 0.05) is 18.0 Å². The Hall–Kier alpha value is -2.89. The van der Waals surface area contributed by atoms with Crippen LogP contribution in [0.25, 0.3) is 16.9 Å². The summed E-state index contributed by atoms with van der Waals surface area (Å²) in [5.41, 5.74) is 3.53. The van der Waals surface area contributed by atoms with Crippen LogP contribution in [-0.2, 0) is 4.79 Å². The molecule has 1 aliphatic rings. The van der Waals surface area contributed by atoms with Crippen LogP contribution in [0.15, 0.2) is 41.5 Å². The van der Waals surface area contributed by atoms with Gasteiger partial charge in [-0.3, -0.25) is 14.0 Å². The molecular weight excluding hydrogens is 256 g/mol. The highest BCUT2D eigenvalue weighted by atomic mass is 16.1. The molecule has 0 spiro atoms. The van der Waals surface area contributed by atoms with E-state index in [4.69, 9.17) is 0 Å². The number of imidazole rings is 1. The van der Waals surface area contributed by atoms with Crippen molar-refractivity contribution < 1.29 is 4.79 Å². The molecule has 0 saturated carbocycles.